The number of piperidine rings is 1. The molecule has 8 nitrogen and oxygen atoms in total. The summed E-state index contributed by atoms with van der Waals surface area (Å²) in [6.07, 6.45) is 5.10. The van der Waals surface area contributed by atoms with Crippen LogP contribution in [0.3, 0.4) is 0 Å². The topological polar surface area (TPSA) is 90.6 Å². The number of H-pyrrole nitrogens is 1. The molecule has 2 aliphatic rings. The maximum atomic E-state index is 12.7. The van der Waals surface area contributed by atoms with Crippen LogP contribution in [0.5, 0.6) is 0 Å². The van der Waals surface area contributed by atoms with E-state index in [0.717, 1.165) is 66.6 Å². The number of fused-ring (bicyclic) bond motifs is 2. The van der Waals surface area contributed by atoms with E-state index >= 15 is 0 Å². The number of urea groups is 1. The van der Waals surface area contributed by atoms with Crippen molar-refractivity contribution in [3.8, 4) is 0 Å². The van der Waals surface area contributed by atoms with Crippen LogP contribution in [0, 0.1) is 12.8 Å². The van der Waals surface area contributed by atoms with Crippen LogP contribution < -0.4 is 5.32 Å². The Kier molecular flexibility index (Phi) is 6.72. The quantitative estimate of drug-likeness (QED) is 0.502. The number of nitrogens with zero attached hydrogens (tertiary/aromatic N) is 3. The van der Waals surface area contributed by atoms with Crippen molar-refractivity contribution in [2.45, 2.75) is 45.2 Å². The molecular formula is C27H33N5O3. The lowest BCUT2D eigenvalue weighted by molar-refractivity contribution is -0.145. The van der Waals surface area contributed by atoms with Crippen molar-refractivity contribution in [2.24, 2.45) is 5.92 Å². The minimum atomic E-state index is -0.189. The van der Waals surface area contributed by atoms with Crippen LogP contribution in [0.4, 0.5) is 10.5 Å². The Morgan fingerprint density at radius 2 is 2.03 bits per heavy atom. The highest BCUT2D eigenvalue weighted by Crippen LogP contribution is 2.28. The van der Waals surface area contributed by atoms with Gasteiger partial charge in [-0.25, -0.2) is 4.79 Å². The van der Waals surface area contributed by atoms with Gasteiger partial charge in [-0.2, -0.15) is 5.10 Å². The van der Waals surface area contributed by atoms with Crippen molar-refractivity contribution >= 4 is 28.6 Å². The van der Waals surface area contributed by atoms with Crippen molar-refractivity contribution < 1.29 is 14.3 Å². The van der Waals surface area contributed by atoms with Gasteiger partial charge in [0.25, 0.3) is 0 Å². The number of esters is 1. The van der Waals surface area contributed by atoms with Gasteiger partial charge < -0.3 is 19.9 Å². The number of aryl methyl sites for hydroxylation is 1. The lowest BCUT2D eigenvalue weighted by atomic mass is 9.93. The normalized spacial score (nSPS) is 17.8. The summed E-state index contributed by atoms with van der Waals surface area (Å²) in [5.41, 5.74) is 5.38. The molecule has 0 radical (unpaired) electrons. The second-order valence-electron chi connectivity index (χ2n) is 9.75. The summed E-state index contributed by atoms with van der Waals surface area (Å²) in [7, 11) is 1.47. The average Bonchev–Trinajstić information content (AvgIpc) is 3.35. The molecule has 2 amide bonds. The molecule has 184 valence electrons. The first-order valence-electron chi connectivity index (χ1n) is 12.4. The number of hydrogen-bond donors (Lipinski definition) is 2. The molecule has 1 fully saturated rings. The van der Waals surface area contributed by atoms with Crippen LogP contribution in [0.1, 0.15) is 36.0 Å². The van der Waals surface area contributed by atoms with E-state index in [4.69, 9.17) is 4.74 Å². The van der Waals surface area contributed by atoms with Crippen LogP contribution in [0.25, 0.3) is 10.9 Å². The molecule has 0 aliphatic carbocycles. The number of methoxy groups -OCH3 is 1. The van der Waals surface area contributed by atoms with Gasteiger partial charge in [-0.15, -0.1) is 0 Å². The molecule has 0 spiro atoms. The highest BCUT2D eigenvalue weighted by Gasteiger charge is 2.32. The van der Waals surface area contributed by atoms with Crippen LogP contribution in [-0.4, -0.2) is 64.8 Å². The van der Waals surface area contributed by atoms with Crippen molar-refractivity contribution in [2.75, 3.05) is 32.1 Å². The summed E-state index contributed by atoms with van der Waals surface area (Å²) in [6, 6.07) is 12.5. The molecule has 5 rings (SSSR count). The summed E-state index contributed by atoms with van der Waals surface area (Å²) < 4.78 is 5.14. The molecule has 2 aromatic carbocycles. The summed E-state index contributed by atoms with van der Waals surface area (Å²) in [5, 5.41) is 11.3. The molecule has 1 unspecified atom stereocenters. The third-order valence-corrected chi connectivity index (χ3v) is 7.47. The third-order valence-electron chi connectivity index (χ3n) is 7.47. The largest absolute Gasteiger partial charge is 0.469 e. The van der Waals surface area contributed by atoms with Gasteiger partial charge in [0.1, 0.15) is 0 Å². The molecule has 3 aromatic rings. The number of benzene rings is 2. The predicted molar refractivity (Wildman–Crippen MR) is 135 cm³/mol. The summed E-state index contributed by atoms with van der Waals surface area (Å²) in [6.45, 7) is 5.41. The Hall–Kier alpha value is -3.39. The van der Waals surface area contributed by atoms with Crippen molar-refractivity contribution in [1.29, 1.82) is 0 Å². The van der Waals surface area contributed by atoms with E-state index in [9.17, 15) is 9.59 Å². The lowest BCUT2D eigenvalue weighted by Crippen LogP contribution is -2.50. The molecule has 2 N–H and O–H groups in total. The smallest absolute Gasteiger partial charge is 0.322 e. The van der Waals surface area contributed by atoms with Crippen molar-refractivity contribution in [3.05, 3.63) is 59.3 Å². The number of aromatic amines is 1. The zero-order valence-electron chi connectivity index (χ0n) is 20.4. The van der Waals surface area contributed by atoms with E-state index < -0.39 is 0 Å². The minimum Gasteiger partial charge on any atom is -0.469 e. The highest BCUT2D eigenvalue weighted by molar-refractivity contribution is 5.92. The zero-order chi connectivity index (χ0) is 24.4. The number of carbonyl (C=O) groups excluding carboxylic acids is 2. The van der Waals surface area contributed by atoms with E-state index in [-0.39, 0.29) is 24.0 Å². The number of carbonyl (C=O) groups is 2. The molecule has 1 aromatic heterocycles. The molecule has 2 aliphatic heterocycles. The number of hydrogen-bond acceptors (Lipinski definition) is 5. The summed E-state index contributed by atoms with van der Waals surface area (Å²) in [5.74, 6) is -0.348. The molecule has 3 heterocycles. The number of ether oxygens (including phenoxy) is 1. The fourth-order valence-corrected chi connectivity index (χ4v) is 5.50. The number of anilines is 1. The summed E-state index contributed by atoms with van der Waals surface area (Å²) in [4.78, 5) is 29.6. The van der Waals surface area contributed by atoms with Gasteiger partial charge >= 0.3 is 12.0 Å². The number of rotatable bonds is 7. The number of para-hydroxylation sites is 1. The minimum absolute atomic E-state index is 0.00205. The van der Waals surface area contributed by atoms with Crippen LogP contribution in [0.2, 0.25) is 0 Å². The lowest BCUT2D eigenvalue weighted by Gasteiger charge is -2.40. The SMILES string of the molecule is COC(=O)C(CCN1CCC(N2Cc3ccccc3NC2=O)CC1)Cc1cc(C)c2[nH]ncc2c1. The molecule has 1 saturated heterocycles. The number of amides is 2. The van der Waals surface area contributed by atoms with Gasteiger partial charge in [0, 0.05) is 36.7 Å². The van der Waals surface area contributed by atoms with Crippen LogP contribution in [0.15, 0.2) is 42.6 Å². The monoisotopic (exact) mass is 475 g/mol. The number of nitrogens with one attached hydrogen (secondary N) is 2. The Labute approximate surface area is 205 Å². The van der Waals surface area contributed by atoms with Crippen molar-refractivity contribution in [1.82, 2.24) is 20.0 Å². The second kappa shape index (κ2) is 10.1. The third kappa shape index (κ3) is 5.03. The van der Waals surface area contributed by atoms with Gasteiger partial charge in [-0.1, -0.05) is 24.3 Å². The van der Waals surface area contributed by atoms with E-state index in [1.165, 1.54) is 12.7 Å². The van der Waals surface area contributed by atoms with Crippen molar-refractivity contribution in [3.63, 3.8) is 0 Å². The fraction of sp³-hybridized carbons (Fsp3) is 0.444. The van der Waals surface area contributed by atoms with E-state index in [0.29, 0.717) is 13.0 Å². The first kappa shape index (κ1) is 23.4. The Balaban J connectivity index is 1.16. The molecule has 8 heteroatoms. The highest BCUT2D eigenvalue weighted by atomic mass is 16.5. The first-order chi connectivity index (χ1) is 17.0. The first-order valence-corrected chi connectivity index (χ1v) is 12.4. The molecule has 35 heavy (non-hydrogen) atoms. The van der Waals surface area contributed by atoms with Gasteiger partial charge in [0.2, 0.25) is 0 Å². The Morgan fingerprint density at radius 1 is 1.23 bits per heavy atom. The van der Waals surface area contributed by atoms with Gasteiger partial charge in [-0.05, 0) is 68.0 Å². The molecular weight excluding hydrogens is 442 g/mol. The van der Waals surface area contributed by atoms with Crippen LogP contribution >= 0.6 is 0 Å². The van der Waals surface area contributed by atoms with E-state index in [2.05, 4.69) is 45.5 Å². The van der Waals surface area contributed by atoms with E-state index in [1.54, 1.807) is 0 Å². The molecule has 0 saturated carbocycles. The Morgan fingerprint density at radius 3 is 2.83 bits per heavy atom. The average molecular weight is 476 g/mol. The standard InChI is InChI=1S/C27H33N5O3/c1-18-13-19(15-22-16-28-30-25(18)22)14-20(26(33)35-2)7-10-31-11-8-23(9-12-31)32-17-21-5-3-4-6-24(21)29-27(32)34/h3-6,13,15-16,20,23H,7-12,14,17H2,1-2H3,(H,28,30)(H,29,34). The van der Waals surface area contributed by atoms with Gasteiger partial charge in [-0.3, -0.25) is 9.89 Å². The maximum absolute atomic E-state index is 12.7. The molecule has 0 bridgehead atoms. The zero-order valence-corrected chi connectivity index (χ0v) is 20.4. The van der Waals surface area contributed by atoms with Gasteiger partial charge in [0.15, 0.2) is 0 Å². The second-order valence-corrected chi connectivity index (χ2v) is 9.75. The number of aromatic nitrogens is 2. The molecule has 1 atom stereocenters. The predicted octanol–water partition coefficient (Wildman–Crippen LogP) is 4.11. The fourth-order valence-electron chi connectivity index (χ4n) is 5.50. The maximum Gasteiger partial charge on any atom is 0.322 e. The Bertz CT molecular complexity index is 1210. The van der Waals surface area contributed by atoms with Crippen LogP contribution in [-0.2, 0) is 22.5 Å². The summed E-state index contributed by atoms with van der Waals surface area (Å²) >= 11 is 0. The number of likely N-dealkylation sites (tertiary alicyclic amines) is 1. The van der Waals surface area contributed by atoms with E-state index in [1.807, 2.05) is 29.3 Å². The van der Waals surface area contributed by atoms with Gasteiger partial charge in [0.05, 0.1) is 24.7 Å².